The lowest BCUT2D eigenvalue weighted by atomic mass is 10.1. The van der Waals surface area contributed by atoms with E-state index < -0.39 is 5.97 Å². The molecule has 0 radical (unpaired) electrons. The van der Waals surface area contributed by atoms with Gasteiger partial charge in [-0.25, -0.2) is 4.79 Å². The van der Waals surface area contributed by atoms with E-state index in [1.54, 1.807) is 24.3 Å². The number of para-hydroxylation sites is 1. The first-order valence-corrected chi connectivity index (χ1v) is 6.26. The number of urea groups is 1. The lowest BCUT2D eigenvalue weighted by Gasteiger charge is -2.11. The minimum absolute atomic E-state index is 0.106. The molecule has 1 aromatic rings. The third kappa shape index (κ3) is 3.47. The second-order valence-electron chi connectivity index (χ2n) is 5.57. The monoisotopic (exact) mass is 262 g/mol. The highest BCUT2D eigenvalue weighted by Crippen LogP contribution is 2.44. The normalized spacial score (nSPS) is 19.6. The van der Waals surface area contributed by atoms with Crippen molar-refractivity contribution in [3.63, 3.8) is 0 Å². The standard InChI is InChI=1S/C14H18N2O3/c1-14(2)8-11(14)16-13(19)15-10-6-4-3-5-9(10)7-12(17)18/h3-6,11H,7-8H2,1-2H3,(H,17,18)(H2,15,16,19). The van der Waals surface area contributed by atoms with Gasteiger partial charge in [0.2, 0.25) is 0 Å². The molecule has 0 spiro atoms. The molecular weight excluding hydrogens is 244 g/mol. The minimum Gasteiger partial charge on any atom is -0.481 e. The molecule has 3 N–H and O–H groups in total. The van der Waals surface area contributed by atoms with Crippen LogP contribution in [0.25, 0.3) is 0 Å². The van der Waals surface area contributed by atoms with Gasteiger partial charge in [-0.2, -0.15) is 0 Å². The molecule has 1 aromatic carbocycles. The summed E-state index contributed by atoms with van der Waals surface area (Å²) in [6.45, 7) is 4.19. The Kier molecular flexibility index (Phi) is 3.46. The maximum Gasteiger partial charge on any atom is 0.319 e. The van der Waals surface area contributed by atoms with Crippen LogP contribution >= 0.6 is 0 Å². The molecule has 5 nitrogen and oxygen atoms in total. The average molecular weight is 262 g/mol. The third-order valence-corrected chi connectivity index (χ3v) is 3.43. The van der Waals surface area contributed by atoms with Crippen LogP contribution in [-0.2, 0) is 11.2 Å². The summed E-state index contributed by atoms with van der Waals surface area (Å²) >= 11 is 0. The first-order chi connectivity index (χ1) is 8.88. The van der Waals surface area contributed by atoms with Gasteiger partial charge in [-0.3, -0.25) is 4.79 Å². The summed E-state index contributed by atoms with van der Waals surface area (Å²) in [5, 5.41) is 14.4. The summed E-state index contributed by atoms with van der Waals surface area (Å²) in [4.78, 5) is 22.6. The summed E-state index contributed by atoms with van der Waals surface area (Å²) in [6, 6.07) is 6.83. The Morgan fingerprint density at radius 1 is 1.37 bits per heavy atom. The van der Waals surface area contributed by atoms with Gasteiger partial charge in [-0.15, -0.1) is 0 Å². The summed E-state index contributed by atoms with van der Waals surface area (Å²) in [6.07, 6.45) is 0.864. The van der Waals surface area contributed by atoms with Gasteiger partial charge in [0.1, 0.15) is 0 Å². The fraction of sp³-hybridized carbons (Fsp3) is 0.429. The van der Waals surface area contributed by atoms with E-state index in [0.717, 1.165) is 6.42 Å². The van der Waals surface area contributed by atoms with Crippen molar-refractivity contribution in [1.82, 2.24) is 5.32 Å². The van der Waals surface area contributed by atoms with E-state index in [2.05, 4.69) is 24.5 Å². The highest BCUT2D eigenvalue weighted by atomic mass is 16.4. The van der Waals surface area contributed by atoms with Crippen LogP contribution < -0.4 is 10.6 Å². The van der Waals surface area contributed by atoms with Crippen LogP contribution in [0.1, 0.15) is 25.8 Å². The van der Waals surface area contributed by atoms with Crippen LogP contribution in [0.2, 0.25) is 0 Å². The maximum atomic E-state index is 11.8. The summed E-state index contributed by atoms with van der Waals surface area (Å²) in [5.41, 5.74) is 1.30. The minimum atomic E-state index is -0.919. The van der Waals surface area contributed by atoms with E-state index in [1.165, 1.54) is 0 Å². The van der Waals surface area contributed by atoms with Crippen LogP contribution in [-0.4, -0.2) is 23.1 Å². The van der Waals surface area contributed by atoms with E-state index in [0.29, 0.717) is 11.3 Å². The van der Waals surface area contributed by atoms with Gasteiger partial charge >= 0.3 is 12.0 Å². The Balaban J connectivity index is 1.98. The molecule has 19 heavy (non-hydrogen) atoms. The Morgan fingerprint density at radius 2 is 2.00 bits per heavy atom. The molecule has 0 saturated heterocycles. The van der Waals surface area contributed by atoms with E-state index in [9.17, 15) is 9.59 Å². The van der Waals surface area contributed by atoms with Gasteiger partial charge in [0.25, 0.3) is 0 Å². The molecular formula is C14H18N2O3. The molecule has 1 aliphatic carbocycles. The van der Waals surface area contributed by atoms with Gasteiger partial charge in [0.05, 0.1) is 6.42 Å². The van der Waals surface area contributed by atoms with Crippen molar-refractivity contribution in [2.24, 2.45) is 5.41 Å². The van der Waals surface area contributed by atoms with Crippen LogP contribution in [0.4, 0.5) is 10.5 Å². The molecule has 2 amide bonds. The van der Waals surface area contributed by atoms with Gasteiger partial charge in [-0.05, 0) is 23.5 Å². The van der Waals surface area contributed by atoms with Crippen LogP contribution in [0, 0.1) is 5.41 Å². The van der Waals surface area contributed by atoms with Gasteiger partial charge in [0, 0.05) is 11.7 Å². The molecule has 1 aliphatic rings. The second-order valence-corrected chi connectivity index (χ2v) is 5.57. The van der Waals surface area contributed by atoms with E-state index in [1.807, 2.05) is 0 Å². The molecule has 0 aliphatic heterocycles. The number of carboxylic acid groups (broad SMARTS) is 1. The maximum absolute atomic E-state index is 11.8. The molecule has 2 rings (SSSR count). The number of carbonyl (C=O) groups excluding carboxylic acids is 1. The molecule has 1 atom stereocenters. The molecule has 1 unspecified atom stereocenters. The fourth-order valence-electron chi connectivity index (χ4n) is 1.99. The number of aliphatic carboxylic acids is 1. The number of carbonyl (C=O) groups is 2. The number of hydrogen-bond acceptors (Lipinski definition) is 2. The number of anilines is 1. The molecule has 102 valence electrons. The van der Waals surface area contributed by atoms with Crippen molar-refractivity contribution >= 4 is 17.7 Å². The SMILES string of the molecule is CC1(C)CC1NC(=O)Nc1ccccc1CC(=O)O. The summed E-state index contributed by atoms with van der Waals surface area (Å²) < 4.78 is 0. The number of carboxylic acids is 1. The van der Waals surface area contributed by atoms with Crippen molar-refractivity contribution in [3.8, 4) is 0 Å². The van der Waals surface area contributed by atoms with Crippen molar-refractivity contribution in [3.05, 3.63) is 29.8 Å². The largest absolute Gasteiger partial charge is 0.481 e. The number of benzene rings is 1. The van der Waals surface area contributed by atoms with E-state index >= 15 is 0 Å². The highest BCUT2D eigenvalue weighted by Gasteiger charge is 2.46. The molecule has 0 aromatic heterocycles. The number of nitrogens with one attached hydrogen (secondary N) is 2. The van der Waals surface area contributed by atoms with Crippen molar-refractivity contribution < 1.29 is 14.7 Å². The van der Waals surface area contributed by atoms with Crippen molar-refractivity contribution in [1.29, 1.82) is 0 Å². The number of amides is 2. The Morgan fingerprint density at radius 3 is 2.58 bits per heavy atom. The second kappa shape index (κ2) is 4.91. The van der Waals surface area contributed by atoms with Gasteiger partial charge < -0.3 is 15.7 Å². The Bertz CT molecular complexity index is 511. The Labute approximate surface area is 112 Å². The summed E-state index contributed by atoms with van der Waals surface area (Å²) in [7, 11) is 0. The first-order valence-electron chi connectivity index (χ1n) is 6.26. The predicted octanol–water partition coefficient (Wildman–Crippen LogP) is 2.23. The number of hydrogen-bond donors (Lipinski definition) is 3. The Hall–Kier alpha value is -2.04. The van der Waals surface area contributed by atoms with Crippen LogP contribution in [0.5, 0.6) is 0 Å². The topological polar surface area (TPSA) is 78.4 Å². The predicted molar refractivity (Wildman–Crippen MR) is 72.1 cm³/mol. The zero-order valence-electron chi connectivity index (χ0n) is 11.1. The van der Waals surface area contributed by atoms with Crippen LogP contribution in [0.3, 0.4) is 0 Å². The first kappa shape index (κ1) is 13.4. The average Bonchev–Trinajstić information content (AvgIpc) is 2.87. The van der Waals surface area contributed by atoms with Crippen LogP contribution in [0.15, 0.2) is 24.3 Å². The van der Waals surface area contributed by atoms with Crippen molar-refractivity contribution in [2.45, 2.75) is 32.7 Å². The lowest BCUT2D eigenvalue weighted by Crippen LogP contribution is -2.33. The van der Waals surface area contributed by atoms with Gasteiger partial charge in [-0.1, -0.05) is 32.0 Å². The molecule has 0 heterocycles. The van der Waals surface area contributed by atoms with Gasteiger partial charge in [0.15, 0.2) is 0 Å². The van der Waals surface area contributed by atoms with Crippen molar-refractivity contribution in [2.75, 3.05) is 5.32 Å². The van der Waals surface area contributed by atoms with E-state index in [4.69, 9.17) is 5.11 Å². The van der Waals surface area contributed by atoms with E-state index in [-0.39, 0.29) is 23.9 Å². The number of rotatable bonds is 4. The lowest BCUT2D eigenvalue weighted by molar-refractivity contribution is -0.136. The highest BCUT2D eigenvalue weighted by molar-refractivity contribution is 5.91. The smallest absolute Gasteiger partial charge is 0.319 e. The molecule has 0 bridgehead atoms. The molecule has 1 saturated carbocycles. The third-order valence-electron chi connectivity index (χ3n) is 3.43. The molecule has 1 fully saturated rings. The fourth-order valence-corrected chi connectivity index (χ4v) is 1.99. The quantitative estimate of drug-likeness (QED) is 0.778. The zero-order valence-corrected chi connectivity index (χ0v) is 11.1. The summed E-state index contributed by atoms with van der Waals surface area (Å²) in [5.74, 6) is -0.919. The zero-order chi connectivity index (χ0) is 14.0. The molecule has 5 heteroatoms.